The van der Waals surface area contributed by atoms with Crippen LogP contribution in [-0.2, 0) is 21.6 Å². The monoisotopic (exact) mass is 387 g/mol. The number of rotatable bonds is 4. The second-order valence-electron chi connectivity index (χ2n) is 6.00. The van der Waals surface area contributed by atoms with Crippen LogP contribution in [0.2, 0.25) is 0 Å². The molecular formula is C19H18BrNO3. The van der Waals surface area contributed by atoms with Crippen molar-refractivity contribution in [2.75, 3.05) is 13.1 Å². The largest absolute Gasteiger partial charge is 0.445 e. The summed E-state index contributed by atoms with van der Waals surface area (Å²) in [5.74, 6) is 0. The Morgan fingerprint density at radius 2 is 2.00 bits per heavy atom. The Hall–Kier alpha value is -2.14. The zero-order valence-corrected chi connectivity index (χ0v) is 14.7. The molecule has 0 unspecified atom stereocenters. The maximum absolute atomic E-state index is 12.3. The number of carbonyl (C=O) groups is 2. The third-order valence-electron chi connectivity index (χ3n) is 4.39. The van der Waals surface area contributed by atoms with Gasteiger partial charge < -0.3 is 14.4 Å². The number of nitrogens with zero attached hydrogens (tertiary/aromatic N) is 1. The van der Waals surface area contributed by atoms with Gasteiger partial charge in [-0.05, 0) is 29.7 Å². The first-order valence-corrected chi connectivity index (χ1v) is 8.60. The van der Waals surface area contributed by atoms with Crippen molar-refractivity contribution in [3.05, 3.63) is 70.2 Å². The number of halogens is 1. The van der Waals surface area contributed by atoms with Gasteiger partial charge in [0.2, 0.25) is 0 Å². The lowest BCUT2D eigenvalue weighted by Gasteiger charge is -2.23. The van der Waals surface area contributed by atoms with E-state index in [0.29, 0.717) is 19.5 Å². The van der Waals surface area contributed by atoms with Crippen molar-refractivity contribution in [3.63, 3.8) is 0 Å². The molecule has 1 aliphatic rings. The maximum atomic E-state index is 12.3. The highest BCUT2D eigenvalue weighted by atomic mass is 79.9. The second kappa shape index (κ2) is 7.18. The highest BCUT2D eigenvalue weighted by Gasteiger charge is 2.42. The number of amides is 1. The van der Waals surface area contributed by atoms with Gasteiger partial charge in [-0.15, -0.1) is 0 Å². The molecule has 3 rings (SSSR count). The topological polar surface area (TPSA) is 46.6 Å². The van der Waals surface area contributed by atoms with Crippen molar-refractivity contribution >= 4 is 28.3 Å². The first-order chi connectivity index (χ1) is 11.6. The van der Waals surface area contributed by atoms with Gasteiger partial charge in [0.1, 0.15) is 12.9 Å². The van der Waals surface area contributed by atoms with E-state index in [1.165, 1.54) is 0 Å². The fourth-order valence-electron chi connectivity index (χ4n) is 3.00. The summed E-state index contributed by atoms with van der Waals surface area (Å²) in [6.45, 7) is 1.10. The molecule has 0 bridgehead atoms. The van der Waals surface area contributed by atoms with Crippen LogP contribution in [-0.4, -0.2) is 30.4 Å². The van der Waals surface area contributed by atoms with Gasteiger partial charge in [-0.25, -0.2) is 4.79 Å². The zero-order valence-electron chi connectivity index (χ0n) is 13.2. The first kappa shape index (κ1) is 16.7. The molecular weight excluding hydrogens is 370 g/mol. The van der Waals surface area contributed by atoms with E-state index in [-0.39, 0.29) is 12.7 Å². The predicted molar refractivity (Wildman–Crippen MR) is 94.7 cm³/mol. The summed E-state index contributed by atoms with van der Waals surface area (Å²) in [4.78, 5) is 25.7. The third kappa shape index (κ3) is 3.51. The van der Waals surface area contributed by atoms with Gasteiger partial charge in [-0.3, -0.25) is 0 Å². The molecule has 1 fully saturated rings. The molecule has 0 aliphatic carbocycles. The summed E-state index contributed by atoms with van der Waals surface area (Å²) in [5, 5.41) is 0. The predicted octanol–water partition coefficient (Wildman–Crippen LogP) is 3.93. The van der Waals surface area contributed by atoms with Gasteiger partial charge >= 0.3 is 6.09 Å². The van der Waals surface area contributed by atoms with Crippen LogP contribution < -0.4 is 0 Å². The Kier molecular flexibility index (Phi) is 5.00. The van der Waals surface area contributed by atoms with Crippen LogP contribution in [0.25, 0.3) is 0 Å². The maximum Gasteiger partial charge on any atom is 0.410 e. The minimum absolute atomic E-state index is 0.237. The van der Waals surface area contributed by atoms with E-state index in [4.69, 9.17) is 4.74 Å². The van der Waals surface area contributed by atoms with Gasteiger partial charge in [0.15, 0.2) is 0 Å². The Bertz CT molecular complexity index is 734. The first-order valence-electron chi connectivity index (χ1n) is 7.81. The van der Waals surface area contributed by atoms with Crippen LogP contribution >= 0.6 is 15.9 Å². The molecule has 0 spiro atoms. The van der Waals surface area contributed by atoms with Crippen molar-refractivity contribution < 1.29 is 14.3 Å². The summed E-state index contributed by atoms with van der Waals surface area (Å²) >= 11 is 3.44. The quantitative estimate of drug-likeness (QED) is 0.746. The van der Waals surface area contributed by atoms with Crippen LogP contribution in [0.15, 0.2) is 59.1 Å². The van der Waals surface area contributed by atoms with E-state index in [9.17, 15) is 9.59 Å². The van der Waals surface area contributed by atoms with Gasteiger partial charge in [-0.1, -0.05) is 58.4 Å². The van der Waals surface area contributed by atoms with Crippen molar-refractivity contribution in [3.8, 4) is 0 Å². The Labute approximate surface area is 149 Å². The summed E-state index contributed by atoms with van der Waals surface area (Å²) in [5.41, 5.74) is 1.21. The lowest BCUT2D eigenvalue weighted by Crippen LogP contribution is -2.35. The zero-order chi connectivity index (χ0) is 17.0. The summed E-state index contributed by atoms with van der Waals surface area (Å²) in [7, 11) is 0. The molecule has 124 valence electrons. The van der Waals surface area contributed by atoms with Crippen LogP contribution in [0.4, 0.5) is 4.79 Å². The van der Waals surface area contributed by atoms with E-state index in [0.717, 1.165) is 21.9 Å². The van der Waals surface area contributed by atoms with Crippen molar-refractivity contribution in [2.45, 2.75) is 18.4 Å². The lowest BCUT2D eigenvalue weighted by molar-refractivity contribution is -0.112. The van der Waals surface area contributed by atoms with E-state index < -0.39 is 5.41 Å². The molecule has 24 heavy (non-hydrogen) atoms. The minimum atomic E-state index is -0.657. The Morgan fingerprint density at radius 3 is 2.71 bits per heavy atom. The molecule has 0 aromatic heterocycles. The highest BCUT2D eigenvalue weighted by molar-refractivity contribution is 9.10. The van der Waals surface area contributed by atoms with E-state index in [2.05, 4.69) is 15.9 Å². The van der Waals surface area contributed by atoms with Crippen molar-refractivity contribution in [1.29, 1.82) is 0 Å². The number of carbonyl (C=O) groups excluding carboxylic acids is 2. The number of hydrogen-bond donors (Lipinski definition) is 0. The van der Waals surface area contributed by atoms with Crippen LogP contribution in [0.3, 0.4) is 0 Å². The SMILES string of the molecule is O=C[C@@]1(c2cccc(Br)c2)CCN(C(=O)OCc2ccccc2)C1. The van der Waals surface area contributed by atoms with Crippen LogP contribution in [0.5, 0.6) is 0 Å². The van der Waals surface area contributed by atoms with Crippen molar-refractivity contribution in [1.82, 2.24) is 4.90 Å². The highest BCUT2D eigenvalue weighted by Crippen LogP contribution is 2.34. The third-order valence-corrected chi connectivity index (χ3v) is 4.88. The average molecular weight is 388 g/mol. The molecule has 0 saturated carbocycles. The molecule has 1 amide bonds. The van der Waals surface area contributed by atoms with Gasteiger partial charge in [-0.2, -0.15) is 0 Å². The number of ether oxygens (including phenoxy) is 1. The molecule has 2 aromatic rings. The van der Waals surface area contributed by atoms with Gasteiger partial charge in [0, 0.05) is 17.6 Å². The van der Waals surface area contributed by atoms with Crippen LogP contribution in [0, 0.1) is 0 Å². The molecule has 1 atom stereocenters. The number of likely N-dealkylation sites (tertiary alicyclic amines) is 1. The number of hydrogen-bond acceptors (Lipinski definition) is 3. The van der Waals surface area contributed by atoms with Crippen LogP contribution in [0.1, 0.15) is 17.5 Å². The molecule has 5 heteroatoms. The second-order valence-corrected chi connectivity index (χ2v) is 6.91. The normalized spacial score (nSPS) is 20.0. The van der Waals surface area contributed by atoms with E-state index >= 15 is 0 Å². The molecule has 2 aromatic carbocycles. The summed E-state index contributed by atoms with van der Waals surface area (Å²) in [6, 6.07) is 17.2. The number of benzene rings is 2. The summed E-state index contributed by atoms with van der Waals surface area (Å²) in [6.07, 6.45) is 1.18. The summed E-state index contributed by atoms with van der Waals surface area (Å²) < 4.78 is 6.29. The standard InChI is InChI=1S/C19H18BrNO3/c20-17-8-4-7-16(11-17)19(14-22)9-10-21(13-19)18(23)24-12-15-5-2-1-3-6-15/h1-8,11,14H,9-10,12-13H2/t19-/m1/s1. The Morgan fingerprint density at radius 1 is 1.21 bits per heavy atom. The van der Waals surface area contributed by atoms with Crippen molar-refractivity contribution in [2.24, 2.45) is 0 Å². The minimum Gasteiger partial charge on any atom is -0.445 e. The molecule has 4 nitrogen and oxygen atoms in total. The molecule has 1 saturated heterocycles. The van der Waals surface area contributed by atoms with Gasteiger partial charge in [0.25, 0.3) is 0 Å². The molecule has 0 radical (unpaired) electrons. The lowest BCUT2D eigenvalue weighted by atomic mass is 9.81. The Balaban J connectivity index is 1.67. The fourth-order valence-corrected chi connectivity index (χ4v) is 3.40. The van der Waals surface area contributed by atoms with Gasteiger partial charge in [0.05, 0.1) is 5.41 Å². The van der Waals surface area contributed by atoms with E-state index in [1.54, 1.807) is 4.90 Å². The average Bonchev–Trinajstić information content (AvgIpc) is 3.07. The molecule has 1 heterocycles. The smallest absolute Gasteiger partial charge is 0.410 e. The van der Waals surface area contributed by atoms with E-state index in [1.807, 2.05) is 54.6 Å². The fraction of sp³-hybridized carbons (Fsp3) is 0.263. The number of aldehydes is 1. The molecule has 1 aliphatic heterocycles. The molecule has 0 N–H and O–H groups in total.